The van der Waals surface area contributed by atoms with Crippen LogP contribution < -0.4 is 0 Å². The maximum atomic E-state index is 11.5. The zero-order valence-corrected chi connectivity index (χ0v) is 10.8. The molecule has 5 atom stereocenters. The maximum Gasteiger partial charge on any atom is 0.305 e. The van der Waals surface area contributed by atoms with Crippen molar-refractivity contribution in [2.45, 2.75) is 63.7 Å². The molecule has 3 aliphatic rings. The Labute approximate surface area is 105 Å². The highest BCUT2D eigenvalue weighted by Gasteiger charge is 2.59. The second kappa shape index (κ2) is 4.16. The first-order valence-corrected chi connectivity index (χ1v) is 6.32. The average molecular weight is 258 g/mol. The van der Waals surface area contributed by atoms with Gasteiger partial charge in [0.15, 0.2) is 18.2 Å². The summed E-state index contributed by atoms with van der Waals surface area (Å²) in [7, 11) is 0. The van der Waals surface area contributed by atoms with Gasteiger partial charge >= 0.3 is 5.97 Å². The third kappa shape index (κ3) is 1.93. The summed E-state index contributed by atoms with van der Waals surface area (Å²) in [6.07, 6.45) is -1.46. The largest absolute Gasteiger partial charge is 0.457 e. The van der Waals surface area contributed by atoms with Crippen LogP contribution >= 0.6 is 0 Å². The summed E-state index contributed by atoms with van der Waals surface area (Å²) in [6.45, 7) is 5.83. The highest BCUT2D eigenvalue weighted by atomic mass is 16.8. The van der Waals surface area contributed by atoms with Gasteiger partial charge in [-0.2, -0.15) is 0 Å². The smallest absolute Gasteiger partial charge is 0.305 e. The molecule has 3 saturated heterocycles. The SMILES string of the molecule is CCC(=O)O[C@H]1[C@@H]2OC(C)(C)O[C@@H]2[C@@H]2OC[C@H]1O2. The van der Waals surface area contributed by atoms with Gasteiger partial charge in [0.05, 0.1) is 6.61 Å². The normalized spacial score (nSPS) is 44.7. The number of rotatable bonds is 2. The highest BCUT2D eigenvalue weighted by Crippen LogP contribution is 2.41. The Balaban J connectivity index is 1.81. The van der Waals surface area contributed by atoms with Crippen molar-refractivity contribution in [2.75, 3.05) is 6.61 Å². The van der Waals surface area contributed by atoms with Gasteiger partial charge in [0.25, 0.3) is 0 Å². The lowest BCUT2D eigenvalue weighted by Crippen LogP contribution is -2.54. The molecule has 0 aromatic carbocycles. The van der Waals surface area contributed by atoms with Gasteiger partial charge in [-0.25, -0.2) is 0 Å². The molecule has 2 bridgehead atoms. The van der Waals surface area contributed by atoms with Crippen molar-refractivity contribution in [2.24, 2.45) is 0 Å². The molecular weight excluding hydrogens is 240 g/mol. The fourth-order valence-electron chi connectivity index (χ4n) is 2.66. The molecule has 0 aliphatic carbocycles. The van der Waals surface area contributed by atoms with E-state index in [-0.39, 0.29) is 24.3 Å². The van der Waals surface area contributed by atoms with Crippen LogP contribution in [0, 0.1) is 0 Å². The first-order chi connectivity index (χ1) is 8.50. The molecular formula is C12H18O6. The summed E-state index contributed by atoms with van der Waals surface area (Å²) >= 11 is 0. The van der Waals surface area contributed by atoms with Crippen molar-refractivity contribution in [1.29, 1.82) is 0 Å². The summed E-state index contributed by atoms with van der Waals surface area (Å²) < 4.78 is 28.2. The second-order valence-electron chi connectivity index (χ2n) is 5.25. The van der Waals surface area contributed by atoms with Gasteiger partial charge in [0.2, 0.25) is 0 Å². The fourth-order valence-corrected chi connectivity index (χ4v) is 2.66. The average Bonchev–Trinajstić information content (AvgIpc) is 2.87. The lowest BCUT2D eigenvalue weighted by Gasteiger charge is -2.34. The first kappa shape index (κ1) is 12.3. The minimum absolute atomic E-state index is 0.260. The van der Waals surface area contributed by atoms with E-state index in [0.29, 0.717) is 13.0 Å². The molecule has 3 rings (SSSR count). The van der Waals surface area contributed by atoms with E-state index >= 15 is 0 Å². The van der Waals surface area contributed by atoms with E-state index in [0.717, 1.165) is 0 Å². The summed E-state index contributed by atoms with van der Waals surface area (Å²) in [5, 5.41) is 0. The standard InChI is InChI=1S/C12H18O6/c1-4-7(13)16-8-6-5-14-11(15-6)10-9(8)17-12(2,3)18-10/h6,8-11H,4-5H2,1-3H3/t6-,8-,9+,10+,11-/m1/s1. The molecule has 6 nitrogen and oxygen atoms in total. The van der Waals surface area contributed by atoms with E-state index in [2.05, 4.69) is 0 Å². The number of esters is 1. The Morgan fingerprint density at radius 2 is 2.06 bits per heavy atom. The number of hydrogen-bond acceptors (Lipinski definition) is 6. The third-order valence-electron chi connectivity index (χ3n) is 3.41. The van der Waals surface area contributed by atoms with Crippen LogP contribution in [-0.2, 0) is 28.5 Å². The minimum Gasteiger partial charge on any atom is -0.457 e. The van der Waals surface area contributed by atoms with Crippen molar-refractivity contribution in [3.63, 3.8) is 0 Å². The van der Waals surface area contributed by atoms with Crippen LogP contribution in [0.25, 0.3) is 0 Å². The molecule has 0 radical (unpaired) electrons. The van der Waals surface area contributed by atoms with Gasteiger partial charge in [-0.15, -0.1) is 0 Å². The highest BCUT2D eigenvalue weighted by molar-refractivity contribution is 5.69. The number of carbonyl (C=O) groups is 1. The van der Waals surface area contributed by atoms with Crippen molar-refractivity contribution >= 4 is 5.97 Å². The molecule has 3 heterocycles. The molecule has 0 N–H and O–H groups in total. The first-order valence-electron chi connectivity index (χ1n) is 6.32. The Morgan fingerprint density at radius 3 is 2.78 bits per heavy atom. The van der Waals surface area contributed by atoms with Crippen molar-refractivity contribution < 1.29 is 28.5 Å². The monoisotopic (exact) mass is 258 g/mol. The molecule has 0 aromatic rings. The van der Waals surface area contributed by atoms with Crippen LogP contribution in [0.5, 0.6) is 0 Å². The lowest BCUT2D eigenvalue weighted by molar-refractivity contribution is -0.208. The van der Waals surface area contributed by atoms with E-state index in [1.54, 1.807) is 6.92 Å². The van der Waals surface area contributed by atoms with Gasteiger partial charge < -0.3 is 23.7 Å². The molecule has 102 valence electrons. The van der Waals surface area contributed by atoms with Crippen molar-refractivity contribution in [3.8, 4) is 0 Å². The van der Waals surface area contributed by atoms with Crippen LogP contribution in [0.15, 0.2) is 0 Å². The minimum atomic E-state index is -0.705. The number of fused-ring (bicyclic) bond motifs is 4. The van der Waals surface area contributed by atoms with Gasteiger partial charge in [-0.05, 0) is 13.8 Å². The van der Waals surface area contributed by atoms with E-state index in [9.17, 15) is 4.79 Å². The van der Waals surface area contributed by atoms with E-state index in [1.807, 2.05) is 13.8 Å². The zero-order chi connectivity index (χ0) is 12.9. The second-order valence-corrected chi connectivity index (χ2v) is 5.25. The maximum absolute atomic E-state index is 11.5. The fraction of sp³-hybridized carbons (Fsp3) is 0.917. The van der Waals surface area contributed by atoms with Crippen LogP contribution in [0.3, 0.4) is 0 Å². The summed E-state index contributed by atoms with van der Waals surface area (Å²) in [5.74, 6) is -0.968. The van der Waals surface area contributed by atoms with Gasteiger partial charge in [0.1, 0.15) is 18.3 Å². The predicted octanol–water partition coefficient (Wildman–Crippen LogP) is 0.583. The van der Waals surface area contributed by atoms with Crippen LogP contribution in [-0.4, -0.2) is 49.1 Å². The lowest BCUT2D eigenvalue weighted by atomic mass is 10.0. The summed E-state index contributed by atoms with van der Waals surface area (Å²) in [5.41, 5.74) is 0. The van der Waals surface area contributed by atoms with E-state index in [1.165, 1.54) is 0 Å². The molecule has 6 heteroatoms. The number of carbonyl (C=O) groups excluding carboxylic acids is 1. The van der Waals surface area contributed by atoms with Crippen LogP contribution in [0.2, 0.25) is 0 Å². The third-order valence-corrected chi connectivity index (χ3v) is 3.41. The Bertz CT molecular complexity index is 354. The Kier molecular flexibility index (Phi) is 2.85. The van der Waals surface area contributed by atoms with E-state index in [4.69, 9.17) is 23.7 Å². The molecule has 0 amide bonds. The summed E-state index contributed by atoms with van der Waals surface area (Å²) in [6, 6.07) is 0. The van der Waals surface area contributed by atoms with Crippen molar-refractivity contribution in [3.05, 3.63) is 0 Å². The predicted molar refractivity (Wildman–Crippen MR) is 58.6 cm³/mol. The van der Waals surface area contributed by atoms with Crippen LogP contribution in [0.4, 0.5) is 0 Å². The van der Waals surface area contributed by atoms with Gasteiger partial charge in [0, 0.05) is 6.42 Å². The van der Waals surface area contributed by atoms with E-state index < -0.39 is 18.2 Å². The Morgan fingerprint density at radius 1 is 1.33 bits per heavy atom. The molecule has 0 spiro atoms. The number of ether oxygens (including phenoxy) is 5. The molecule has 0 saturated carbocycles. The summed E-state index contributed by atoms with van der Waals surface area (Å²) in [4.78, 5) is 11.5. The number of hydrogen-bond donors (Lipinski definition) is 0. The van der Waals surface area contributed by atoms with Crippen molar-refractivity contribution in [1.82, 2.24) is 0 Å². The van der Waals surface area contributed by atoms with Gasteiger partial charge in [-0.3, -0.25) is 4.79 Å². The molecule has 3 aliphatic heterocycles. The topological polar surface area (TPSA) is 63.2 Å². The van der Waals surface area contributed by atoms with Gasteiger partial charge in [-0.1, -0.05) is 6.92 Å². The molecule has 0 unspecified atom stereocenters. The molecule has 18 heavy (non-hydrogen) atoms. The van der Waals surface area contributed by atoms with Crippen LogP contribution in [0.1, 0.15) is 27.2 Å². The Hall–Kier alpha value is -0.690. The quantitative estimate of drug-likeness (QED) is 0.675. The zero-order valence-electron chi connectivity index (χ0n) is 10.8. The molecule has 3 fully saturated rings. The molecule has 0 aromatic heterocycles.